The number of likely N-dealkylation sites (N-methyl/N-ethyl adjacent to an activating group) is 2. The zero-order chi connectivity index (χ0) is 13.7. The first kappa shape index (κ1) is 14.7. The highest BCUT2D eigenvalue weighted by atomic mass is 35.5. The molecule has 0 unspecified atom stereocenters. The molecule has 0 fully saturated rings. The molecule has 0 atom stereocenters. The summed E-state index contributed by atoms with van der Waals surface area (Å²) in [7, 11) is 1.82. The van der Waals surface area contributed by atoms with Crippen molar-refractivity contribution in [3.8, 4) is 0 Å². The van der Waals surface area contributed by atoms with Gasteiger partial charge in [-0.25, -0.2) is 9.97 Å². The number of hydrogen-bond acceptors (Lipinski definition) is 4. The second kappa shape index (κ2) is 6.54. The molecule has 0 spiro atoms. The number of nitrogens with zero attached hydrogens (tertiary/aromatic N) is 4. The van der Waals surface area contributed by atoms with Gasteiger partial charge in [-0.3, -0.25) is 4.79 Å². The van der Waals surface area contributed by atoms with Crippen LogP contribution in [0.15, 0.2) is 6.07 Å². The van der Waals surface area contributed by atoms with Crippen LogP contribution >= 0.6 is 11.6 Å². The molecule has 5 nitrogen and oxygen atoms in total. The maximum absolute atomic E-state index is 12.0. The molecule has 6 heteroatoms. The lowest BCUT2D eigenvalue weighted by atomic mass is 10.4. The average molecular weight is 271 g/mol. The Morgan fingerprint density at radius 2 is 1.94 bits per heavy atom. The predicted octanol–water partition coefficient (Wildman–Crippen LogP) is 1.74. The lowest BCUT2D eigenvalue weighted by molar-refractivity contribution is -0.129. The Morgan fingerprint density at radius 1 is 1.33 bits per heavy atom. The molecule has 0 aliphatic rings. The van der Waals surface area contributed by atoms with Crippen LogP contribution < -0.4 is 4.90 Å². The Morgan fingerprint density at radius 3 is 2.44 bits per heavy atom. The van der Waals surface area contributed by atoms with E-state index in [0.29, 0.717) is 18.9 Å². The van der Waals surface area contributed by atoms with Crippen LogP contribution in [-0.2, 0) is 4.79 Å². The molecule has 1 heterocycles. The fraction of sp³-hybridized carbons (Fsp3) is 0.583. The summed E-state index contributed by atoms with van der Waals surface area (Å²) in [5.74, 6) is 0.739. The van der Waals surface area contributed by atoms with E-state index in [4.69, 9.17) is 11.6 Å². The van der Waals surface area contributed by atoms with Crippen molar-refractivity contribution < 1.29 is 4.79 Å². The van der Waals surface area contributed by atoms with Gasteiger partial charge in [-0.1, -0.05) is 0 Å². The minimum Gasteiger partial charge on any atom is -0.350 e. The fourth-order valence-electron chi connectivity index (χ4n) is 1.67. The minimum absolute atomic E-state index is 0.0786. The van der Waals surface area contributed by atoms with Crippen molar-refractivity contribution in [3.05, 3.63) is 17.0 Å². The third-order valence-electron chi connectivity index (χ3n) is 2.69. The van der Waals surface area contributed by atoms with Crippen LogP contribution in [0.2, 0.25) is 5.28 Å². The van der Waals surface area contributed by atoms with Crippen molar-refractivity contribution in [2.24, 2.45) is 0 Å². The standard InChI is InChI=1S/C12H19ClN4O/c1-5-17(6-2)11(18)8-16(4)10-7-9(3)14-12(13)15-10/h7H,5-6,8H2,1-4H3. The van der Waals surface area contributed by atoms with Gasteiger partial charge in [-0.2, -0.15) is 0 Å². The highest BCUT2D eigenvalue weighted by molar-refractivity contribution is 6.28. The highest BCUT2D eigenvalue weighted by Crippen LogP contribution is 2.13. The van der Waals surface area contributed by atoms with E-state index >= 15 is 0 Å². The van der Waals surface area contributed by atoms with E-state index in [1.165, 1.54) is 0 Å². The minimum atomic E-state index is 0.0786. The summed E-state index contributed by atoms with van der Waals surface area (Å²) < 4.78 is 0. The van der Waals surface area contributed by atoms with Crippen LogP contribution in [0.4, 0.5) is 5.82 Å². The lowest BCUT2D eigenvalue weighted by Crippen LogP contribution is -2.39. The number of carbonyl (C=O) groups is 1. The number of aromatic nitrogens is 2. The Balaban J connectivity index is 2.75. The topological polar surface area (TPSA) is 49.3 Å². The molecule has 0 aliphatic heterocycles. The van der Waals surface area contributed by atoms with Crippen LogP contribution in [0.1, 0.15) is 19.5 Å². The Hall–Kier alpha value is -1.36. The van der Waals surface area contributed by atoms with Crippen molar-refractivity contribution in [1.29, 1.82) is 0 Å². The third-order valence-corrected chi connectivity index (χ3v) is 2.86. The molecule has 0 aliphatic carbocycles. The maximum Gasteiger partial charge on any atom is 0.242 e. The fourth-order valence-corrected chi connectivity index (χ4v) is 1.89. The molecular formula is C12H19ClN4O. The number of halogens is 1. The van der Waals surface area contributed by atoms with Crippen molar-refractivity contribution in [2.75, 3.05) is 31.6 Å². The van der Waals surface area contributed by atoms with Gasteiger partial charge in [0.1, 0.15) is 5.82 Å². The Labute approximate surface area is 113 Å². The lowest BCUT2D eigenvalue weighted by Gasteiger charge is -2.23. The van der Waals surface area contributed by atoms with E-state index in [1.54, 1.807) is 15.9 Å². The van der Waals surface area contributed by atoms with Crippen LogP contribution in [0.5, 0.6) is 0 Å². The van der Waals surface area contributed by atoms with E-state index in [1.807, 2.05) is 27.8 Å². The average Bonchev–Trinajstić information content (AvgIpc) is 2.29. The van der Waals surface area contributed by atoms with E-state index in [-0.39, 0.29) is 17.7 Å². The van der Waals surface area contributed by atoms with Crippen LogP contribution in [0.3, 0.4) is 0 Å². The molecule has 18 heavy (non-hydrogen) atoms. The molecule has 0 bridgehead atoms. The number of rotatable bonds is 5. The summed E-state index contributed by atoms with van der Waals surface area (Å²) in [6.45, 7) is 7.49. The zero-order valence-corrected chi connectivity index (χ0v) is 12.0. The second-order valence-electron chi connectivity index (χ2n) is 4.06. The Kier molecular flexibility index (Phi) is 5.34. The third kappa shape index (κ3) is 3.84. The first-order valence-corrected chi connectivity index (χ1v) is 6.35. The molecule has 0 aromatic carbocycles. The molecule has 0 N–H and O–H groups in total. The molecule has 100 valence electrons. The van der Waals surface area contributed by atoms with E-state index in [2.05, 4.69) is 9.97 Å². The van der Waals surface area contributed by atoms with Crippen molar-refractivity contribution in [1.82, 2.24) is 14.9 Å². The van der Waals surface area contributed by atoms with Gasteiger partial charge in [0.05, 0.1) is 6.54 Å². The molecule has 0 radical (unpaired) electrons. The highest BCUT2D eigenvalue weighted by Gasteiger charge is 2.14. The first-order chi connectivity index (χ1) is 8.47. The van der Waals surface area contributed by atoms with E-state index in [9.17, 15) is 4.79 Å². The SMILES string of the molecule is CCN(CC)C(=O)CN(C)c1cc(C)nc(Cl)n1. The van der Waals surface area contributed by atoms with Gasteiger partial charge in [0, 0.05) is 31.9 Å². The molecule has 0 saturated carbocycles. The number of anilines is 1. The van der Waals surface area contributed by atoms with Crippen molar-refractivity contribution >= 4 is 23.3 Å². The molecule has 0 saturated heterocycles. The van der Waals surface area contributed by atoms with Gasteiger partial charge in [0.25, 0.3) is 0 Å². The quantitative estimate of drug-likeness (QED) is 0.765. The summed E-state index contributed by atoms with van der Waals surface area (Å²) in [6.07, 6.45) is 0. The second-order valence-corrected chi connectivity index (χ2v) is 4.40. The first-order valence-electron chi connectivity index (χ1n) is 5.98. The number of carbonyl (C=O) groups excluding carboxylic acids is 1. The molecule has 1 aromatic heterocycles. The van der Waals surface area contributed by atoms with Crippen LogP contribution in [0.25, 0.3) is 0 Å². The Bertz CT molecular complexity index is 400. The van der Waals surface area contributed by atoms with Gasteiger partial charge >= 0.3 is 0 Å². The number of amides is 1. The number of hydrogen-bond donors (Lipinski definition) is 0. The van der Waals surface area contributed by atoms with E-state index < -0.39 is 0 Å². The summed E-state index contributed by atoms with van der Waals surface area (Å²) >= 11 is 5.80. The van der Waals surface area contributed by atoms with Crippen LogP contribution in [-0.4, -0.2) is 47.5 Å². The molecule has 1 aromatic rings. The van der Waals surface area contributed by atoms with Crippen molar-refractivity contribution in [2.45, 2.75) is 20.8 Å². The van der Waals surface area contributed by atoms with Gasteiger partial charge in [-0.15, -0.1) is 0 Å². The van der Waals surface area contributed by atoms with Crippen molar-refractivity contribution in [3.63, 3.8) is 0 Å². The molecular weight excluding hydrogens is 252 g/mol. The van der Waals surface area contributed by atoms with E-state index in [0.717, 1.165) is 5.69 Å². The summed E-state index contributed by atoms with van der Waals surface area (Å²) in [5, 5.41) is 0.201. The van der Waals surface area contributed by atoms with Gasteiger partial charge in [0.15, 0.2) is 0 Å². The van der Waals surface area contributed by atoms with Gasteiger partial charge in [0.2, 0.25) is 11.2 Å². The monoisotopic (exact) mass is 270 g/mol. The molecule has 1 amide bonds. The predicted molar refractivity (Wildman–Crippen MR) is 73.0 cm³/mol. The largest absolute Gasteiger partial charge is 0.350 e. The summed E-state index contributed by atoms with van der Waals surface area (Å²) in [5.41, 5.74) is 0.784. The van der Waals surface area contributed by atoms with Gasteiger partial charge in [-0.05, 0) is 32.4 Å². The van der Waals surface area contributed by atoms with Crippen LogP contribution in [0, 0.1) is 6.92 Å². The molecule has 1 rings (SSSR count). The summed E-state index contributed by atoms with van der Waals surface area (Å²) in [4.78, 5) is 23.6. The summed E-state index contributed by atoms with van der Waals surface area (Å²) in [6, 6.07) is 1.81. The smallest absolute Gasteiger partial charge is 0.242 e. The van der Waals surface area contributed by atoms with Gasteiger partial charge < -0.3 is 9.80 Å². The number of aryl methyl sites for hydroxylation is 1. The maximum atomic E-state index is 12.0. The zero-order valence-electron chi connectivity index (χ0n) is 11.3. The normalized spacial score (nSPS) is 10.3.